The van der Waals surface area contributed by atoms with E-state index >= 15 is 0 Å². The molecule has 142 valence electrons. The standard InChI is InChI=1S/C17H23N3O6/c1-11-6-12(2)8-13(7-11)16(23)19-9-15(22)26-10-14(21)20-17(24)18-4-5-25-3/h6-8H,4-5,9-10H2,1-3H3,(H,19,23)(H2,18,20,21,24). The molecule has 9 heteroatoms. The number of hydrogen-bond acceptors (Lipinski definition) is 6. The lowest BCUT2D eigenvalue weighted by atomic mass is 10.1. The number of imide groups is 1. The molecule has 0 saturated heterocycles. The van der Waals surface area contributed by atoms with Crippen molar-refractivity contribution < 1.29 is 28.7 Å². The van der Waals surface area contributed by atoms with Crippen molar-refractivity contribution >= 4 is 23.8 Å². The monoisotopic (exact) mass is 365 g/mol. The van der Waals surface area contributed by atoms with E-state index in [-0.39, 0.29) is 13.1 Å². The van der Waals surface area contributed by atoms with Gasteiger partial charge in [-0.3, -0.25) is 19.7 Å². The molecule has 0 unspecified atom stereocenters. The Kier molecular flexibility index (Phi) is 8.79. The van der Waals surface area contributed by atoms with Crippen LogP contribution < -0.4 is 16.0 Å². The maximum absolute atomic E-state index is 12.0. The van der Waals surface area contributed by atoms with Crippen LogP contribution in [0.1, 0.15) is 21.5 Å². The molecule has 0 aliphatic rings. The predicted molar refractivity (Wildman–Crippen MR) is 92.6 cm³/mol. The van der Waals surface area contributed by atoms with Crippen LogP contribution in [0, 0.1) is 13.8 Å². The van der Waals surface area contributed by atoms with E-state index in [2.05, 4.69) is 10.6 Å². The molecule has 0 radical (unpaired) electrons. The summed E-state index contributed by atoms with van der Waals surface area (Å²) < 4.78 is 9.43. The van der Waals surface area contributed by atoms with E-state index < -0.39 is 30.4 Å². The van der Waals surface area contributed by atoms with Crippen LogP contribution in [-0.4, -0.2) is 57.2 Å². The van der Waals surface area contributed by atoms with Crippen LogP contribution in [0.25, 0.3) is 0 Å². The molecule has 0 spiro atoms. The molecule has 1 rings (SSSR count). The number of benzene rings is 1. The highest BCUT2D eigenvalue weighted by Gasteiger charge is 2.13. The van der Waals surface area contributed by atoms with E-state index in [9.17, 15) is 19.2 Å². The number of esters is 1. The van der Waals surface area contributed by atoms with Crippen molar-refractivity contribution in [3.63, 3.8) is 0 Å². The van der Waals surface area contributed by atoms with Gasteiger partial charge in [0.15, 0.2) is 6.61 Å². The number of hydrogen-bond donors (Lipinski definition) is 3. The van der Waals surface area contributed by atoms with E-state index in [4.69, 9.17) is 9.47 Å². The highest BCUT2D eigenvalue weighted by Crippen LogP contribution is 2.08. The Bertz CT molecular complexity index is 654. The van der Waals surface area contributed by atoms with Crippen LogP contribution >= 0.6 is 0 Å². The molecule has 1 aromatic rings. The Balaban J connectivity index is 2.30. The first-order valence-electron chi connectivity index (χ1n) is 7.90. The average molecular weight is 365 g/mol. The van der Waals surface area contributed by atoms with Gasteiger partial charge >= 0.3 is 12.0 Å². The minimum atomic E-state index is -0.794. The molecule has 0 bridgehead atoms. The van der Waals surface area contributed by atoms with Crippen molar-refractivity contribution in [1.29, 1.82) is 0 Å². The second-order valence-corrected chi connectivity index (χ2v) is 5.52. The number of rotatable bonds is 8. The van der Waals surface area contributed by atoms with Gasteiger partial charge in [0.05, 0.1) is 6.61 Å². The lowest BCUT2D eigenvalue weighted by molar-refractivity contribution is -0.147. The zero-order valence-electron chi connectivity index (χ0n) is 15.0. The number of methoxy groups -OCH3 is 1. The van der Waals surface area contributed by atoms with Gasteiger partial charge in [0.1, 0.15) is 6.54 Å². The average Bonchev–Trinajstić information content (AvgIpc) is 2.57. The molecule has 0 aromatic heterocycles. The summed E-state index contributed by atoms with van der Waals surface area (Å²) in [6.07, 6.45) is 0. The van der Waals surface area contributed by atoms with Gasteiger partial charge in [-0.2, -0.15) is 0 Å². The van der Waals surface area contributed by atoms with E-state index in [1.807, 2.05) is 25.2 Å². The fourth-order valence-electron chi connectivity index (χ4n) is 2.03. The quantitative estimate of drug-likeness (QED) is 0.442. The fraction of sp³-hybridized carbons (Fsp3) is 0.412. The third-order valence-corrected chi connectivity index (χ3v) is 3.09. The molecule has 0 saturated carbocycles. The first kappa shape index (κ1) is 21.1. The summed E-state index contributed by atoms with van der Waals surface area (Å²) in [5.74, 6) is -2.00. The molecule has 26 heavy (non-hydrogen) atoms. The lowest BCUT2D eigenvalue weighted by Gasteiger charge is -2.08. The van der Waals surface area contributed by atoms with Gasteiger partial charge in [-0.15, -0.1) is 0 Å². The summed E-state index contributed by atoms with van der Waals surface area (Å²) in [5, 5.41) is 6.78. The summed E-state index contributed by atoms with van der Waals surface area (Å²) in [6, 6.07) is 4.60. The van der Waals surface area contributed by atoms with Crippen molar-refractivity contribution in [2.45, 2.75) is 13.8 Å². The number of carbonyl (C=O) groups excluding carboxylic acids is 4. The van der Waals surface area contributed by atoms with Gasteiger partial charge in [-0.05, 0) is 26.0 Å². The van der Waals surface area contributed by atoms with Gasteiger partial charge in [-0.1, -0.05) is 17.2 Å². The second kappa shape index (κ2) is 10.8. The minimum absolute atomic E-state index is 0.236. The Morgan fingerprint density at radius 2 is 1.65 bits per heavy atom. The number of carbonyl (C=O) groups is 4. The van der Waals surface area contributed by atoms with Gasteiger partial charge in [0.2, 0.25) is 0 Å². The topological polar surface area (TPSA) is 123 Å². The second-order valence-electron chi connectivity index (χ2n) is 5.52. The number of urea groups is 1. The normalized spacial score (nSPS) is 9.96. The van der Waals surface area contributed by atoms with Crippen molar-refractivity contribution in [2.75, 3.05) is 33.4 Å². The van der Waals surface area contributed by atoms with Crippen LogP contribution in [0.4, 0.5) is 4.79 Å². The molecular formula is C17H23N3O6. The molecule has 1 aromatic carbocycles. The summed E-state index contributed by atoms with van der Waals surface area (Å²) in [5.41, 5.74) is 2.29. The van der Waals surface area contributed by atoms with Crippen molar-refractivity contribution in [1.82, 2.24) is 16.0 Å². The summed E-state index contributed by atoms with van der Waals surface area (Å²) in [7, 11) is 1.48. The van der Waals surface area contributed by atoms with Gasteiger partial charge in [0.25, 0.3) is 11.8 Å². The van der Waals surface area contributed by atoms with E-state index in [0.717, 1.165) is 11.1 Å². The predicted octanol–water partition coefficient (Wildman–Crippen LogP) is 0.0486. The van der Waals surface area contributed by atoms with Gasteiger partial charge < -0.3 is 20.1 Å². The molecule has 0 aliphatic carbocycles. The van der Waals surface area contributed by atoms with Crippen molar-refractivity contribution in [3.05, 3.63) is 34.9 Å². The first-order valence-corrected chi connectivity index (χ1v) is 7.90. The SMILES string of the molecule is COCCNC(=O)NC(=O)COC(=O)CNC(=O)c1cc(C)cc(C)c1. The number of ether oxygens (including phenoxy) is 2. The number of amides is 4. The summed E-state index contributed by atoms with van der Waals surface area (Å²) in [4.78, 5) is 46.3. The Morgan fingerprint density at radius 1 is 1.00 bits per heavy atom. The number of aryl methyl sites for hydroxylation is 2. The Labute approximate surface area is 151 Å². The Morgan fingerprint density at radius 3 is 2.27 bits per heavy atom. The van der Waals surface area contributed by atoms with E-state index in [0.29, 0.717) is 12.2 Å². The largest absolute Gasteiger partial charge is 0.454 e. The number of nitrogens with one attached hydrogen (secondary N) is 3. The van der Waals surface area contributed by atoms with Crippen molar-refractivity contribution in [2.24, 2.45) is 0 Å². The molecule has 3 N–H and O–H groups in total. The molecule has 0 heterocycles. The van der Waals surface area contributed by atoms with Gasteiger partial charge in [0, 0.05) is 19.2 Å². The lowest BCUT2D eigenvalue weighted by Crippen LogP contribution is -2.42. The van der Waals surface area contributed by atoms with Crippen LogP contribution in [0.5, 0.6) is 0 Å². The maximum Gasteiger partial charge on any atom is 0.325 e. The molecule has 9 nitrogen and oxygen atoms in total. The molecule has 0 aliphatic heterocycles. The smallest absolute Gasteiger partial charge is 0.325 e. The van der Waals surface area contributed by atoms with Crippen LogP contribution in [0.3, 0.4) is 0 Å². The van der Waals surface area contributed by atoms with Gasteiger partial charge in [-0.25, -0.2) is 4.79 Å². The molecular weight excluding hydrogens is 342 g/mol. The van der Waals surface area contributed by atoms with Crippen LogP contribution in [-0.2, 0) is 19.1 Å². The third kappa shape index (κ3) is 8.25. The highest BCUT2D eigenvalue weighted by molar-refractivity contribution is 5.97. The molecule has 0 fully saturated rings. The summed E-state index contributed by atoms with van der Waals surface area (Å²) >= 11 is 0. The van der Waals surface area contributed by atoms with Crippen LogP contribution in [0.2, 0.25) is 0 Å². The highest BCUT2D eigenvalue weighted by atomic mass is 16.5. The third-order valence-electron chi connectivity index (χ3n) is 3.09. The zero-order chi connectivity index (χ0) is 19.5. The van der Waals surface area contributed by atoms with Crippen molar-refractivity contribution in [3.8, 4) is 0 Å². The molecule has 4 amide bonds. The molecule has 0 atom stereocenters. The van der Waals surface area contributed by atoms with E-state index in [1.54, 1.807) is 12.1 Å². The Hall–Kier alpha value is -2.94. The minimum Gasteiger partial charge on any atom is -0.454 e. The van der Waals surface area contributed by atoms with Crippen LogP contribution in [0.15, 0.2) is 18.2 Å². The summed E-state index contributed by atoms with van der Waals surface area (Å²) in [6.45, 7) is 3.25. The van der Waals surface area contributed by atoms with E-state index in [1.165, 1.54) is 7.11 Å². The maximum atomic E-state index is 12.0. The first-order chi connectivity index (χ1) is 12.3. The zero-order valence-corrected chi connectivity index (χ0v) is 15.0. The fourth-order valence-corrected chi connectivity index (χ4v) is 2.03.